The lowest BCUT2D eigenvalue weighted by Gasteiger charge is -2.41. The molecule has 3 fully saturated rings. The first-order chi connectivity index (χ1) is 12.6. The van der Waals surface area contributed by atoms with Crippen molar-refractivity contribution >= 4 is 11.9 Å². The second-order valence-corrected chi connectivity index (χ2v) is 8.27. The van der Waals surface area contributed by atoms with Crippen molar-refractivity contribution in [2.45, 2.75) is 51.4 Å². The molecule has 1 saturated carbocycles. The monoisotopic (exact) mass is 366 g/mol. The summed E-state index contributed by atoms with van der Waals surface area (Å²) < 4.78 is 5.41. The molecule has 2 heterocycles. The lowest BCUT2D eigenvalue weighted by atomic mass is 9.80. The maximum absolute atomic E-state index is 12.9. The Kier molecular flexibility index (Phi) is 7.32. The number of carboxylic acids is 1. The smallest absolute Gasteiger partial charge is 0.303 e. The molecular weight excluding hydrogens is 332 g/mol. The molecule has 2 atom stereocenters. The summed E-state index contributed by atoms with van der Waals surface area (Å²) in [5.74, 6) is 0.326. The van der Waals surface area contributed by atoms with Crippen LogP contribution in [0.4, 0.5) is 0 Å². The number of ether oxygens (including phenoxy) is 1. The zero-order chi connectivity index (χ0) is 18.4. The van der Waals surface area contributed by atoms with Gasteiger partial charge in [-0.15, -0.1) is 0 Å². The van der Waals surface area contributed by atoms with Crippen LogP contribution in [0, 0.1) is 17.8 Å². The quantitative estimate of drug-likeness (QED) is 0.781. The number of carbonyl (C=O) groups excluding carboxylic acids is 1. The van der Waals surface area contributed by atoms with E-state index in [2.05, 4.69) is 9.80 Å². The first-order valence-corrected chi connectivity index (χ1v) is 10.4. The molecule has 0 bridgehead atoms. The number of carbonyl (C=O) groups is 2. The summed E-state index contributed by atoms with van der Waals surface area (Å²) in [5.41, 5.74) is 0. The van der Waals surface area contributed by atoms with Crippen LogP contribution in [0.3, 0.4) is 0 Å². The molecule has 2 aliphatic heterocycles. The Labute approximate surface area is 156 Å². The third-order valence-corrected chi connectivity index (χ3v) is 6.51. The summed E-state index contributed by atoms with van der Waals surface area (Å²) in [4.78, 5) is 28.7. The molecule has 1 aliphatic carbocycles. The lowest BCUT2D eigenvalue weighted by Crippen LogP contribution is -2.48. The molecule has 148 valence electrons. The average molecular weight is 367 g/mol. The normalized spacial score (nSPS) is 28.8. The second kappa shape index (κ2) is 9.70. The number of rotatable bonds is 6. The molecule has 0 spiro atoms. The molecule has 0 aromatic rings. The first-order valence-electron chi connectivity index (χ1n) is 10.4. The Hall–Kier alpha value is -1.14. The summed E-state index contributed by atoms with van der Waals surface area (Å²) in [6.07, 6.45) is 7.72. The lowest BCUT2D eigenvalue weighted by molar-refractivity contribution is -0.141. The van der Waals surface area contributed by atoms with Gasteiger partial charge in [-0.05, 0) is 44.1 Å². The predicted octanol–water partition coefficient (Wildman–Crippen LogP) is 2.23. The Morgan fingerprint density at radius 3 is 2.38 bits per heavy atom. The van der Waals surface area contributed by atoms with Gasteiger partial charge in [0.25, 0.3) is 0 Å². The van der Waals surface area contributed by atoms with Gasteiger partial charge in [0, 0.05) is 38.5 Å². The molecule has 0 aromatic carbocycles. The minimum atomic E-state index is -0.710. The van der Waals surface area contributed by atoms with Gasteiger partial charge < -0.3 is 14.7 Å². The topological polar surface area (TPSA) is 70.1 Å². The minimum absolute atomic E-state index is 0.198. The zero-order valence-electron chi connectivity index (χ0n) is 15.9. The fourth-order valence-electron chi connectivity index (χ4n) is 4.88. The molecule has 2 saturated heterocycles. The van der Waals surface area contributed by atoms with E-state index in [1.54, 1.807) is 0 Å². The molecule has 6 nitrogen and oxygen atoms in total. The van der Waals surface area contributed by atoms with Gasteiger partial charge in [-0.2, -0.15) is 0 Å². The molecular formula is C20H34N2O4. The van der Waals surface area contributed by atoms with E-state index in [-0.39, 0.29) is 18.3 Å². The van der Waals surface area contributed by atoms with E-state index in [0.29, 0.717) is 11.8 Å². The first kappa shape index (κ1) is 19.6. The minimum Gasteiger partial charge on any atom is -0.481 e. The van der Waals surface area contributed by atoms with E-state index in [0.717, 1.165) is 71.6 Å². The molecule has 3 rings (SSSR count). The number of piperidine rings is 1. The second-order valence-electron chi connectivity index (χ2n) is 8.27. The van der Waals surface area contributed by atoms with Crippen molar-refractivity contribution in [3.8, 4) is 0 Å². The van der Waals surface area contributed by atoms with E-state index >= 15 is 0 Å². The SMILES string of the molecule is O=C(O)CC1CCN(C(=O)C2CCCCC2)CC1CCN1CCOCC1. The van der Waals surface area contributed by atoms with Crippen LogP contribution in [0.1, 0.15) is 51.4 Å². The molecule has 0 radical (unpaired) electrons. The summed E-state index contributed by atoms with van der Waals surface area (Å²) in [5, 5.41) is 9.27. The fourth-order valence-corrected chi connectivity index (χ4v) is 4.88. The van der Waals surface area contributed by atoms with Crippen molar-refractivity contribution in [2.24, 2.45) is 17.8 Å². The number of carboxylic acid groups (broad SMARTS) is 1. The van der Waals surface area contributed by atoms with Crippen LogP contribution in [-0.4, -0.2) is 72.7 Å². The highest BCUT2D eigenvalue weighted by Crippen LogP contribution is 2.32. The highest BCUT2D eigenvalue weighted by atomic mass is 16.5. The maximum Gasteiger partial charge on any atom is 0.303 e. The van der Waals surface area contributed by atoms with Crippen LogP contribution in [0.2, 0.25) is 0 Å². The van der Waals surface area contributed by atoms with Gasteiger partial charge in [0.05, 0.1) is 13.2 Å². The van der Waals surface area contributed by atoms with Gasteiger partial charge in [-0.3, -0.25) is 14.5 Å². The van der Waals surface area contributed by atoms with Gasteiger partial charge >= 0.3 is 5.97 Å². The fraction of sp³-hybridized carbons (Fsp3) is 0.900. The van der Waals surface area contributed by atoms with Crippen molar-refractivity contribution in [1.82, 2.24) is 9.80 Å². The van der Waals surface area contributed by atoms with Gasteiger partial charge in [-0.25, -0.2) is 0 Å². The van der Waals surface area contributed by atoms with Crippen LogP contribution >= 0.6 is 0 Å². The summed E-state index contributed by atoms with van der Waals surface area (Å²) in [6, 6.07) is 0. The van der Waals surface area contributed by atoms with Crippen LogP contribution in [0.25, 0.3) is 0 Å². The Morgan fingerprint density at radius 2 is 1.69 bits per heavy atom. The highest BCUT2D eigenvalue weighted by Gasteiger charge is 2.35. The molecule has 2 unspecified atom stereocenters. The van der Waals surface area contributed by atoms with Gasteiger partial charge in [0.1, 0.15) is 0 Å². The molecule has 1 amide bonds. The Balaban J connectivity index is 1.56. The largest absolute Gasteiger partial charge is 0.481 e. The maximum atomic E-state index is 12.9. The van der Waals surface area contributed by atoms with Crippen LogP contribution in [0.5, 0.6) is 0 Å². The summed E-state index contributed by atoms with van der Waals surface area (Å²) in [7, 11) is 0. The number of nitrogens with zero attached hydrogens (tertiary/aromatic N) is 2. The molecule has 1 N–H and O–H groups in total. The van der Waals surface area contributed by atoms with E-state index < -0.39 is 5.97 Å². The van der Waals surface area contributed by atoms with Crippen LogP contribution in [0.15, 0.2) is 0 Å². The van der Waals surface area contributed by atoms with Crippen molar-refractivity contribution < 1.29 is 19.4 Å². The van der Waals surface area contributed by atoms with E-state index in [1.165, 1.54) is 19.3 Å². The number of aliphatic carboxylic acids is 1. The number of hydrogen-bond acceptors (Lipinski definition) is 4. The van der Waals surface area contributed by atoms with Crippen molar-refractivity contribution in [1.29, 1.82) is 0 Å². The molecule has 26 heavy (non-hydrogen) atoms. The van der Waals surface area contributed by atoms with Crippen LogP contribution in [-0.2, 0) is 14.3 Å². The summed E-state index contributed by atoms with van der Waals surface area (Å²) in [6.45, 7) is 5.96. The third kappa shape index (κ3) is 5.43. The van der Waals surface area contributed by atoms with Gasteiger partial charge in [0.15, 0.2) is 0 Å². The number of amides is 1. The van der Waals surface area contributed by atoms with E-state index in [1.807, 2.05) is 0 Å². The van der Waals surface area contributed by atoms with Gasteiger partial charge in [-0.1, -0.05) is 19.3 Å². The molecule has 0 aromatic heterocycles. The van der Waals surface area contributed by atoms with Crippen molar-refractivity contribution in [2.75, 3.05) is 45.9 Å². The third-order valence-electron chi connectivity index (χ3n) is 6.51. The summed E-state index contributed by atoms with van der Waals surface area (Å²) >= 11 is 0. The standard InChI is InChI=1S/C20H34N2O4/c23-19(24)14-17-7-9-22(20(25)16-4-2-1-3-5-16)15-18(17)6-8-21-10-12-26-13-11-21/h16-18H,1-15H2,(H,23,24). The number of morpholine rings is 1. The highest BCUT2D eigenvalue weighted by molar-refractivity contribution is 5.79. The van der Waals surface area contributed by atoms with Crippen molar-refractivity contribution in [3.05, 3.63) is 0 Å². The number of hydrogen-bond donors (Lipinski definition) is 1. The van der Waals surface area contributed by atoms with Crippen LogP contribution < -0.4 is 0 Å². The number of likely N-dealkylation sites (tertiary alicyclic amines) is 1. The Bertz CT molecular complexity index is 472. The Morgan fingerprint density at radius 1 is 0.962 bits per heavy atom. The van der Waals surface area contributed by atoms with E-state index in [4.69, 9.17) is 4.74 Å². The predicted molar refractivity (Wildman–Crippen MR) is 98.9 cm³/mol. The van der Waals surface area contributed by atoms with Gasteiger partial charge in [0.2, 0.25) is 5.91 Å². The van der Waals surface area contributed by atoms with Crippen molar-refractivity contribution in [3.63, 3.8) is 0 Å². The molecule has 6 heteroatoms. The zero-order valence-corrected chi connectivity index (χ0v) is 15.9. The van der Waals surface area contributed by atoms with E-state index in [9.17, 15) is 14.7 Å². The average Bonchev–Trinajstić information content (AvgIpc) is 2.68. The molecule has 3 aliphatic rings.